The van der Waals surface area contributed by atoms with E-state index in [1.54, 1.807) is 18.2 Å². The van der Waals surface area contributed by atoms with Crippen molar-refractivity contribution in [1.29, 1.82) is 0 Å². The van der Waals surface area contributed by atoms with Crippen LogP contribution in [-0.4, -0.2) is 31.2 Å². The fourth-order valence-electron chi connectivity index (χ4n) is 2.19. The van der Waals surface area contributed by atoms with Crippen LogP contribution in [0.5, 0.6) is 11.5 Å². The molecule has 1 unspecified atom stereocenters. The van der Waals surface area contributed by atoms with E-state index in [2.05, 4.69) is 10.6 Å². The largest absolute Gasteiger partial charge is 0.454 e. The minimum Gasteiger partial charge on any atom is -0.454 e. The highest BCUT2D eigenvalue weighted by atomic mass is 16.7. The van der Waals surface area contributed by atoms with E-state index in [9.17, 15) is 9.59 Å². The van der Waals surface area contributed by atoms with Gasteiger partial charge in [0.25, 0.3) is 5.91 Å². The maximum absolute atomic E-state index is 12.1. The number of carbonyl (C=O) groups excluding carboxylic acids is 2. The molecular formula is C13H14N2O4. The molecule has 0 spiro atoms. The van der Waals surface area contributed by atoms with Crippen molar-refractivity contribution in [2.75, 3.05) is 13.3 Å². The number of fused-ring (bicyclic) bond motifs is 1. The van der Waals surface area contributed by atoms with Gasteiger partial charge >= 0.3 is 0 Å². The van der Waals surface area contributed by atoms with Gasteiger partial charge < -0.3 is 20.1 Å². The summed E-state index contributed by atoms with van der Waals surface area (Å²) >= 11 is 0. The lowest BCUT2D eigenvalue weighted by molar-refractivity contribution is -0.124. The molecule has 1 fully saturated rings. The smallest absolute Gasteiger partial charge is 0.252 e. The molecule has 6 heteroatoms. The van der Waals surface area contributed by atoms with Gasteiger partial charge in [0.2, 0.25) is 12.7 Å². The second kappa shape index (κ2) is 4.79. The van der Waals surface area contributed by atoms with Crippen LogP contribution in [0.2, 0.25) is 0 Å². The molecule has 2 amide bonds. The Morgan fingerprint density at radius 3 is 3.00 bits per heavy atom. The molecule has 1 aromatic rings. The number of amides is 2. The minimum absolute atomic E-state index is 0.125. The third-order valence-electron chi connectivity index (χ3n) is 3.23. The van der Waals surface area contributed by atoms with E-state index in [1.165, 1.54) is 0 Å². The average Bonchev–Trinajstić information content (AvgIpc) is 2.88. The number of carbonyl (C=O) groups is 2. The van der Waals surface area contributed by atoms with Gasteiger partial charge in [0.15, 0.2) is 11.5 Å². The number of hydrogen-bond donors (Lipinski definition) is 2. The van der Waals surface area contributed by atoms with Gasteiger partial charge in [-0.1, -0.05) is 0 Å². The van der Waals surface area contributed by atoms with E-state index in [0.717, 1.165) is 6.42 Å². The number of hydrogen-bond acceptors (Lipinski definition) is 4. The van der Waals surface area contributed by atoms with Crippen LogP contribution in [0.3, 0.4) is 0 Å². The SMILES string of the molecule is O=C(NC1CCCNC1=O)c1ccc2c(c1)OCO2. The predicted molar refractivity (Wildman–Crippen MR) is 66.1 cm³/mol. The van der Waals surface area contributed by atoms with Gasteiger partial charge in [0.05, 0.1) is 0 Å². The van der Waals surface area contributed by atoms with Crippen molar-refractivity contribution in [3.8, 4) is 11.5 Å². The Morgan fingerprint density at radius 2 is 2.16 bits per heavy atom. The summed E-state index contributed by atoms with van der Waals surface area (Å²) in [5.41, 5.74) is 0.461. The predicted octanol–water partition coefficient (Wildman–Crippen LogP) is 0.424. The number of rotatable bonds is 2. The van der Waals surface area contributed by atoms with Gasteiger partial charge in [0.1, 0.15) is 6.04 Å². The van der Waals surface area contributed by atoms with Crippen LogP contribution in [0.25, 0.3) is 0 Å². The topological polar surface area (TPSA) is 76.7 Å². The highest BCUT2D eigenvalue weighted by molar-refractivity contribution is 5.98. The molecular weight excluding hydrogens is 248 g/mol. The van der Waals surface area contributed by atoms with Crippen LogP contribution in [0.15, 0.2) is 18.2 Å². The molecule has 1 aromatic carbocycles. The Bertz CT molecular complexity index is 529. The first kappa shape index (κ1) is 11.8. The summed E-state index contributed by atoms with van der Waals surface area (Å²) in [4.78, 5) is 23.6. The van der Waals surface area contributed by atoms with E-state index in [0.29, 0.717) is 30.0 Å². The standard InChI is InChI=1S/C13H14N2O4/c16-12(15-9-2-1-5-14-13(9)17)8-3-4-10-11(6-8)19-7-18-10/h3-4,6,9H,1-2,5,7H2,(H,14,17)(H,15,16). The second-order valence-electron chi connectivity index (χ2n) is 4.53. The molecule has 2 aliphatic heterocycles. The molecule has 6 nitrogen and oxygen atoms in total. The van der Waals surface area contributed by atoms with Crippen molar-refractivity contribution < 1.29 is 19.1 Å². The minimum atomic E-state index is -0.452. The Kier molecular flexibility index (Phi) is 2.98. The monoisotopic (exact) mass is 262 g/mol. The summed E-state index contributed by atoms with van der Waals surface area (Å²) in [6.45, 7) is 0.848. The molecule has 1 saturated heterocycles. The van der Waals surface area contributed by atoms with E-state index < -0.39 is 6.04 Å². The molecule has 3 rings (SSSR count). The van der Waals surface area contributed by atoms with Crippen LogP contribution in [0.4, 0.5) is 0 Å². The van der Waals surface area contributed by atoms with Crippen molar-refractivity contribution in [1.82, 2.24) is 10.6 Å². The molecule has 0 bridgehead atoms. The molecule has 2 N–H and O–H groups in total. The van der Waals surface area contributed by atoms with Crippen LogP contribution < -0.4 is 20.1 Å². The van der Waals surface area contributed by atoms with Gasteiger partial charge in [-0.2, -0.15) is 0 Å². The average molecular weight is 262 g/mol. The van der Waals surface area contributed by atoms with Gasteiger partial charge in [-0.3, -0.25) is 9.59 Å². The number of piperidine rings is 1. The zero-order valence-corrected chi connectivity index (χ0v) is 10.3. The molecule has 2 aliphatic rings. The first-order chi connectivity index (χ1) is 9.24. The zero-order chi connectivity index (χ0) is 13.2. The molecule has 100 valence electrons. The molecule has 2 heterocycles. The van der Waals surface area contributed by atoms with Crippen molar-refractivity contribution in [3.63, 3.8) is 0 Å². The van der Waals surface area contributed by atoms with Crippen molar-refractivity contribution in [2.24, 2.45) is 0 Å². The van der Waals surface area contributed by atoms with E-state index in [-0.39, 0.29) is 18.6 Å². The summed E-state index contributed by atoms with van der Waals surface area (Å²) in [6, 6.07) is 4.52. The lowest BCUT2D eigenvalue weighted by Gasteiger charge is -2.22. The summed E-state index contributed by atoms with van der Waals surface area (Å²) in [5.74, 6) is 0.786. The van der Waals surface area contributed by atoms with Crippen molar-refractivity contribution in [3.05, 3.63) is 23.8 Å². The molecule has 0 radical (unpaired) electrons. The quantitative estimate of drug-likeness (QED) is 0.810. The Hall–Kier alpha value is -2.24. The summed E-state index contributed by atoms with van der Waals surface area (Å²) in [7, 11) is 0. The summed E-state index contributed by atoms with van der Waals surface area (Å²) < 4.78 is 10.4. The molecule has 19 heavy (non-hydrogen) atoms. The third-order valence-corrected chi connectivity index (χ3v) is 3.23. The first-order valence-corrected chi connectivity index (χ1v) is 6.22. The maximum atomic E-state index is 12.1. The number of benzene rings is 1. The lowest BCUT2D eigenvalue weighted by atomic mass is 10.1. The summed E-state index contributed by atoms with van der Waals surface area (Å²) in [5, 5.41) is 5.46. The van der Waals surface area contributed by atoms with E-state index >= 15 is 0 Å². The fraction of sp³-hybridized carbons (Fsp3) is 0.385. The van der Waals surface area contributed by atoms with Crippen LogP contribution >= 0.6 is 0 Å². The Labute approximate surface area is 110 Å². The normalized spacial score (nSPS) is 20.8. The Morgan fingerprint density at radius 1 is 1.32 bits per heavy atom. The fourth-order valence-corrected chi connectivity index (χ4v) is 2.19. The molecule has 0 aromatic heterocycles. The lowest BCUT2D eigenvalue weighted by Crippen LogP contribution is -2.50. The maximum Gasteiger partial charge on any atom is 0.252 e. The highest BCUT2D eigenvalue weighted by Gasteiger charge is 2.24. The zero-order valence-electron chi connectivity index (χ0n) is 10.3. The Balaban J connectivity index is 1.71. The number of nitrogens with one attached hydrogen (secondary N) is 2. The molecule has 1 atom stereocenters. The molecule has 0 saturated carbocycles. The van der Waals surface area contributed by atoms with Crippen LogP contribution in [-0.2, 0) is 4.79 Å². The van der Waals surface area contributed by atoms with Crippen LogP contribution in [0.1, 0.15) is 23.2 Å². The van der Waals surface area contributed by atoms with Gasteiger partial charge in [-0.05, 0) is 31.0 Å². The number of ether oxygens (including phenoxy) is 2. The van der Waals surface area contributed by atoms with Crippen molar-refractivity contribution in [2.45, 2.75) is 18.9 Å². The molecule has 0 aliphatic carbocycles. The van der Waals surface area contributed by atoms with Crippen molar-refractivity contribution >= 4 is 11.8 Å². The van der Waals surface area contributed by atoms with Crippen LogP contribution in [0, 0.1) is 0 Å². The first-order valence-electron chi connectivity index (χ1n) is 6.22. The third kappa shape index (κ3) is 2.33. The summed E-state index contributed by atoms with van der Waals surface area (Å²) in [6.07, 6.45) is 1.54. The highest BCUT2D eigenvalue weighted by Crippen LogP contribution is 2.32. The van der Waals surface area contributed by atoms with Gasteiger partial charge in [-0.15, -0.1) is 0 Å². The second-order valence-corrected chi connectivity index (χ2v) is 4.53. The van der Waals surface area contributed by atoms with E-state index in [4.69, 9.17) is 9.47 Å². The van der Waals surface area contributed by atoms with Gasteiger partial charge in [0, 0.05) is 12.1 Å². The van der Waals surface area contributed by atoms with E-state index in [1.807, 2.05) is 0 Å². The van der Waals surface area contributed by atoms with Gasteiger partial charge in [-0.25, -0.2) is 0 Å².